The van der Waals surface area contributed by atoms with Gasteiger partial charge < -0.3 is 14.9 Å². The maximum atomic E-state index is 12.6. The van der Waals surface area contributed by atoms with Crippen LogP contribution >= 0.6 is 0 Å². The van der Waals surface area contributed by atoms with Gasteiger partial charge >= 0.3 is 5.97 Å². The molecule has 0 aromatic carbocycles. The summed E-state index contributed by atoms with van der Waals surface area (Å²) in [6.07, 6.45) is 3.43. The minimum absolute atomic E-state index is 0.109. The second-order valence-electron chi connectivity index (χ2n) is 6.35. The first-order valence-electron chi connectivity index (χ1n) is 7.22. The molecule has 22 heavy (non-hydrogen) atoms. The Balaban J connectivity index is 2.24. The molecule has 118 valence electrons. The molecule has 5 nitrogen and oxygen atoms in total. The van der Waals surface area contributed by atoms with Gasteiger partial charge in [0.1, 0.15) is 5.76 Å². The molecule has 0 bridgehead atoms. The number of Topliss-reactive ketones (excluding diaryl/α,β-unsaturated/α-hetero) is 1. The van der Waals surface area contributed by atoms with Crippen LogP contribution in [0, 0.1) is 17.3 Å². The van der Waals surface area contributed by atoms with Crippen LogP contribution in [-0.4, -0.2) is 34.2 Å². The molecule has 0 radical (unpaired) electrons. The number of ketones is 1. The molecule has 0 fully saturated rings. The summed E-state index contributed by atoms with van der Waals surface area (Å²) in [5.41, 5.74) is -0.528. The molecular weight excluding hydrogens is 284 g/mol. The van der Waals surface area contributed by atoms with Crippen molar-refractivity contribution in [3.8, 4) is 11.8 Å². The van der Waals surface area contributed by atoms with Crippen LogP contribution in [0.5, 0.6) is 0 Å². The molecule has 2 N–H and O–H groups in total. The maximum absolute atomic E-state index is 12.6. The van der Waals surface area contributed by atoms with Crippen molar-refractivity contribution in [1.29, 1.82) is 0 Å². The number of carboxylic acids is 1. The lowest BCUT2D eigenvalue weighted by Crippen LogP contribution is -2.38. The van der Waals surface area contributed by atoms with E-state index in [2.05, 4.69) is 11.8 Å². The van der Waals surface area contributed by atoms with Gasteiger partial charge in [-0.2, -0.15) is 0 Å². The van der Waals surface area contributed by atoms with Crippen molar-refractivity contribution in [1.82, 2.24) is 0 Å². The van der Waals surface area contributed by atoms with Gasteiger partial charge in [-0.1, -0.05) is 12.0 Å². The highest BCUT2D eigenvalue weighted by atomic mass is 16.5. The Morgan fingerprint density at radius 1 is 1.50 bits per heavy atom. The third-order valence-corrected chi connectivity index (χ3v) is 4.11. The van der Waals surface area contributed by atoms with Crippen LogP contribution in [0.3, 0.4) is 0 Å². The van der Waals surface area contributed by atoms with Gasteiger partial charge in [-0.05, 0) is 27.2 Å². The highest BCUT2D eigenvalue weighted by Gasteiger charge is 2.52. The first-order valence-corrected chi connectivity index (χ1v) is 7.22. The second-order valence-corrected chi connectivity index (χ2v) is 6.35. The Hall–Kier alpha value is -2.06. The Bertz CT molecular complexity index is 642. The fourth-order valence-electron chi connectivity index (χ4n) is 2.94. The van der Waals surface area contributed by atoms with Crippen LogP contribution in [0.2, 0.25) is 0 Å². The average Bonchev–Trinajstić information content (AvgIpc) is 2.95. The Kier molecular flexibility index (Phi) is 4.17. The first-order chi connectivity index (χ1) is 10.2. The number of allylic oxidation sites excluding steroid dienone is 2. The number of ether oxygens (including phenoxy) is 1. The van der Waals surface area contributed by atoms with Crippen LogP contribution in [-0.2, 0) is 14.3 Å². The van der Waals surface area contributed by atoms with Crippen molar-refractivity contribution in [2.24, 2.45) is 5.41 Å². The number of carbonyl (C=O) groups is 2. The summed E-state index contributed by atoms with van der Waals surface area (Å²) in [7, 11) is 0. The van der Waals surface area contributed by atoms with Crippen molar-refractivity contribution in [3.63, 3.8) is 0 Å². The zero-order chi connectivity index (χ0) is 16.5. The van der Waals surface area contributed by atoms with Gasteiger partial charge in [0.15, 0.2) is 5.60 Å². The normalized spacial score (nSPS) is 24.2. The van der Waals surface area contributed by atoms with E-state index >= 15 is 0 Å². The summed E-state index contributed by atoms with van der Waals surface area (Å²) in [6, 6.07) is 0. The Morgan fingerprint density at radius 2 is 2.18 bits per heavy atom. The predicted octanol–water partition coefficient (Wildman–Crippen LogP) is 1.82. The highest BCUT2D eigenvalue weighted by Crippen LogP contribution is 2.45. The van der Waals surface area contributed by atoms with Gasteiger partial charge in [0.25, 0.3) is 0 Å². The zero-order valence-corrected chi connectivity index (χ0v) is 13.0. The summed E-state index contributed by atoms with van der Waals surface area (Å²) in [5, 5.41) is 18.1. The molecule has 2 rings (SSSR count). The van der Waals surface area contributed by atoms with Gasteiger partial charge in [0, 0.05) is 35.3 Å². The fourth-order valence-corrected chi connectivity index (χ4v) is 2.94. The van der Waals surface area contributed by atoms with Crippen molar-refractivity contribution < 1.29 is 24.5 Å². The van der Waals surface area contributed by atoms with E-state index in [4.69, 9.17) is 9.84 Å². The van der Waals surface area contributed by atoms with E-state index in [9.17, 15) is 14.7 Å². The molecule has 1 aliphatic carbocycles. The van der Waals surface area contributed by atoms with E-state index in [1.165, 1.54) is 0 Å². The number of rotatable bonds is 3. The summed E-state index contributed by atoms with van der Waals surface area (Å²) in [4.78, 5) is 23.2. The zero-order valence-electron chi connectivity index (χ0n) is 13.0. The minimum Gasteiger partial charge on any atom is -0.478 e. The lowest BCUT2D eigenvalue weighted by molar-refractivity contribution is -0.130. The van der Waals surface area contributed by atoms with Crippen LogP contribution in [0.4, 0.5) is 0 Å². The number of carbonyl (C=O) groups excluding carboxylic acids is 1. The monoisotopic (exact) mass is 304 g/mol. The SMILES string of the molecule is CC1=C(CC(C)(C)C#CC(=O)O)OC2(CCC=C2CO)C1=O. The molecule has 0 aromatic heterocycles. The lowest BCUT2D eigenvalue weighted by atomic mass is 9.86. The summed E-state index contributed by atoms with van der Waals surface area (Å²) in [6.45, 7) is 5.12. The number of hydrogen-bond acceptors (Lipinski definition) is 4. The van der Waals surface area contributed by atoms with Gasteiger partial charge in [-0.3, -0.25) is 4.79 Å². The predicted molar refractivity (Wildman–Crippen MR) is 79.7 cm³/mol. The Labute approximate surface area is 129 Å². The molecule has 1 heterocycles. The molecule has 0 saturated carbocycles. The quantitative estimate of drug-likeness (QED) is 0.614. The van der Waals surface area contributed by atoms with E-state index in [1.54, 1.807) is 20.8 Å². The summed E-state index contributed by atoms with van der Waals surface area (Å²) >= 11 is 0. The number of aliphatic hydroxyl groups is 1. The number of hydrogen-bond donors (Lipinski definition) is 2. The van der Waals surface area contributed by atoms with Crippen molar-refractivity contribution >= 4 is 11.8 Å². The van der Waals surface area contributed by atoms with Gasteiger partial charge in [-0.15, -0.1) is 0 Å². The lowest BCUT2D eigenvalue weighted by Gasteiger charge is -2.27. The third kappa shape index (κ3) is 2.79. The number of aliphatic hydroxyl groups excluding tert-OH is 1. The van der Waals surface area contributed by atoms with E-state index in [0.717, 1.165) is 0 Å². The van der Waals surface area contributed by atoms with E-state index in [-0.39, 0.29) is 12.4 Å². The van der Waals surface area contributed by atoms with E-state index in [0.29, 0.717) is 36.2 Å². The van der Waals surface area contributed by atoms with Gasteiger partial charge in [0.2, 0.25) is 5.78 Å². The maximum Gasteiger partial charge on any atom is 0.381 e. The molecule has 1 spiro atoms. The molecule has 5 heteroatoms. The van der Waals surface area contributed by atoms with Gasteiger partial charge in [-0.25, -0.2) is 4.79 Å². The molecule has 1 aliphatic heterocycles. The topological polar surface area (TPSA) is 83.8 Å². The van der Waals surface area contributed by atoms with E-state index in [1.807, 2.05) is 6.08 Å². The standard InChI is InChI=1S/C17H20O5/c1-11-13(9-16(2,3)8-6-14(19)20)22-17(15(11)21)7-4-5-12(17)10-18/h5,18H,4,7,9-10H2,1-3H3,(H,19,20). The minimum atomic E-state index is -1.18. The molecule has 2 aliphatic rings. The molecule has 0 saturated heterocycles. The summed E-state index contributed by atoms with van der Waals surface area (Å²) < 4.78 is 5.97. The van der Waals surface area contributed by atoms with Crippen LogP contribution in [0.1, 0.15) is 40.0 Å². The molecular formula is C17H20O5. The third-order valence-electron chi connectivity index (χ3n) is 4.11. The molecule has 1 atom stereocenters. The largest absolute Gasteiger partial charge is 0.478 e. The number of carboxylic acid groups (broad SMARTS) is 1. The fraction of sp³-hybridized carbons (Fsp3) is 0.529. The van der Waals surface area contributed by atoms with Crippen LogP contribution < -0.4 is 0 Å². The Morgan fingerprint density at radius 3 is 2.77 bits per heavy atom. The van der Waals surface area contributed by atoms with Crippen LogP contribution in [0.15, 0.2) is 23.0 Å². The molecule has 0 aromatic rings. The average molecular weight is 304 g/mol. The first kappa shape index (κ1) is 16.3. The van der Waals surface area contributed by atoms with Crippen molar-refractivity contribution in [3.05, 3.63) is 23.0 Å². The second kappa shape index (κ2) is 5.62. The summed E-state index contributed by atoms with van der Waals surface area (Å²) in [5.74, 6) is 4.05. The van der Waals surface area contributed by atoms with Crippen LogP contribution in [0.25, 0.3) is 0 Å². The highest BCUT2D eigenvalue weighted by molar-refractivity contribution is 6.06. The van der Waals surface area contributed by atoms with E-state index < -0.39 is 17.0 Å². The van der Waals surface area contributed by atoms with Crippen molar-refractivity contribution in [2.45, 2.75) is 45.6 Å². The smallest absolute Gasteiger partial charge is 0.381 e. The van der Waals surface area contributed by atoms with Crippen molar-refractivity contribution in [2.75, 3.05) is 6.61 Å². The van der Waals surface area contributed by atoms with Gasteiger partial charge in [0.05, 0.1) is 6.61 Å². The number of aliphatic carboxylic acids is 1. The molecule has 0 amide bonds. The molecule has 1 unspecified atom stereocenters.